The van der Waals surface area contributed by atoms with E-state index in [1.165, 1.54) is 88.2 Å². The van der Waals surface area contributed by atoms with Crippen LogP contribution < -0.4 is 20.0 Å². The first-order valence-corrected chi connectivity index (χ1v) is 23.7. The van der Waals surface area contributed by atoms with Crippen molar-refractivity contribution in [3.8, 4) is 33.4 Å². The summed E-state index contributed by atoms with van der Waals surface area (Å²) < 4.78 is 0. The Labute approximate surface area is 396 Å². The summed E-state index contributed by atoms with van der Waals surface area (Å²) in [5.74, 6) is 0. The van der Waals surface area contributed by atoms with Gasteiger partial charge in [0.25, 0.3) is 0 Å². The third-order valence-corrected chi connectivity index (χ3v) is 15.0. The minimum absolute atomic E-state index is 0.240. The van der Waals surface area contributed by atoms with Gasteiger partial charge in [0.15, 0.2) is 0 Å². The van der Waals surface area contributed by atoms with E-state index >= 15 is 0 Å². The van der Waals surface area contributed by atoms with Crippen molar-refractivity contribution in [3.63, 3.8) is 0 Å². The van der Waals surface area contributed by atoms with Gasteiger partial charge in [0.05, 0.1) is 45.5 Å². The Balaban J connectivity index is 1.14. The highest BCUT2D eigenvalue weighted by atomic mass is 15.3. The number of nitrogens with zero attached hydrogens (tertiary/aromatic N) is 3. The van der Waals surface area contributed by atoms with Crippen LogP contribution >= 0.6 is 0 Å². The second-order valence-electron chi connectivity index (χ2n) is 19.0. The lowest BCUT2D eigenvalue weighted by Gasteiger charge is -2.38. The first-order valence-electron chi connectivity index (χ1n) is 23.7. The summed E-state index contributed by atoms with van der Waals surface area (Å²) in [4.78, 5) is 7.22. The maximum absolute atomic E-state index is 3.73. The van der Waals surface area contributed by atoms with Crippen molar-refractivity contribution in [1.82, 2.24) is 0 Å². The van der Waals surface area contributed by atoms with Crippen LogP contribution in [0.1, 0.15) is 25.0 Å². The Hall–Kier alpha value is -8.60. The Morgan fingerprint density at radius 3 is 1.47 bits per heavy atom. The van der Waals surface area contributed by atoms with Crippen LogP contribution in [0.4, 0.5) is 56.9 Å². The summed E-state index contributed by atoms with van der Waals surface area (Å²) in [6.07, 6.45) is 0. The molecule has 0 atom stereocenters. The number of anilines is 10. The third-order valence-electron chi connectivity index (χ3n) is 15.0. The Bertz CT molecular complexity index is 3820. The van der Waals surface area contributed by atoms with Crippen LogP contribution in [-0.4, -0.2) is 7.05 Å². The minimum Gasteiger partial charge on any atom is -0.352 e. The first-order chi connectivity index (χ1) is 33.4. The fraction of sp³-hybridized carbons (Fsp3) is 0.0625. The fourth-order valence-corrected chi connectivity index (χ4v) is 12.1. The number of fused-ring (bicyclic) bond motifs is 10. The molecule has 14 rings (SSSR count). The van der Waals surface area contributed by atoms with E-state index in [1.807, 2.05) is 0 Å². The number of hydrogen-bond acceptors (Lipinski definition) is 4. The maximum Gasteiger partial charge on any atom is 0.0699 e. The van der Waals surface area contributed by atoms with E-state index in [-0.39, 0.29) is 5.41 Å². The second kappa shape index (κ2) is 14.4. The van der Waals surface area contributed by atoms with Crippen LogP contribution in [0.3, 0.4) is 0 Å². The lowest BCUT2D eigenvalue weighted by molar-refractivity contribution is 0.662. The van der Waals surface area contributed by atoms with Gasteiger partial charge in [0.1, 0.15) is 0 Å². The molecule has 0 spiro atoms. The summed E-state index contributed by atoms with van der Waals surface area (Å²) in [5, 5.41) is 11.0. The van der Waals surface area contributed by atoms with E-state index in [2.05, 4.69) is 259 Å². The zero-order valence-corrected chi connectivity index (χ0v) is 38.1. The highest BCUT2D eigenvalue weighted by molar-refractivity contribution is 6.25. The quantitative estimate of drug-likeness (QED) is 0.178. The largest absolute Gasteiger partial charge is 0.352 e. The van der Waals surface area contributed by atoms with Crippen LogP contribution in [0.25, 0.3) is 65.7 Å². The molecule has 0 radical (unpaired) electrons. The van der Waals surface area contributed by atoms with Crippen molar-refractivity contribution >= 4 is 89.2 Å². The molecule has 3 aliphatic rings. The number of rotatable bonds is 4. The molecule has 0 saturated heterocycles. The summed E-state index contributed by atoms with van der Waals surface area (Å²) in [7, 11) is 2.18. The number of benzene rings is 11. The molecule has 11 aromatic rings. The Kier molecular flexibility index (Phi) is 8.21. The molecule has 0 bridgehead atoms. The predicted octanol–water partition coefficient (Wildman–Crippen LogP) is 17.9. The molecule has 4 heteroatoms. The molecule has 0 fully saturated rings. The molecule has 322 valence electrons. The highest BCUT2D eigenvalue weighted by Crippen LogP contribution is 2.58. The van der Waals surface area contributed by atoms with Gasteiger partial charge in [-0.1, -0.05) is 159 Å². The molecule has 68 heavy (non-hydrogen) atoms. The topological polar surface area (TPSA) is 21.8 Å². The van der Waals surface area contributed by atoms with Gasteiger partial charge in [-0.15, -0.1) is 0 Å². The van der Waals surface area contributed by atoms with Crippen LogP contribution in [-0.2, 0) is 5.41 Å². The number of nitrogens with one attached hydrogen (secondary N) is 1. The van der Waals surface area contributed by atoms with Crippen LogP contribution in [0.2, 0.25) is 0 Å². The lowest BCUT2D eigenvalue weighted by atomic mass is 9.76. The summed E-state index contributed by atoms with van der Waals surface area (Å²) in [6.45, 7) is 4.83. The standard InChI is InChI=1S/C64H46N4/c1-64(2)52-25-7-6-21-44(52)48-23-17-24-49(63(48)64)62-47-37-34-41(67-55-28-10-8-26-53(55)65-54-27-9-11-29-56(54)67)38-50(47)61(45-22-16-19-40-18-4-5-20-43(40)45)46-36-35-42(39-51(46)62)68-59-32-14-12-30-57(59)66(3)58-31-13-15-33-60(58)68/h4-39,65H,1-3H3. The van der Waals surface area contributed by atoms with Gasteiger partial charge in [0.2, 0.25) is 0 Å². The van der Waals surface area contributed by atoms with E-state index in [0.717, 1.165) is 45.5 Å². The summed E-state index contributed by atoms with van der Waals surface area (Å²) in [5.41, 5.74) is 21.4. The molecular formula is C64H46N4. The van der Waals surface area contributed by atoms with Gasteiger partial charge < -0.3 is 20.0 Å². The fourth-order valence-electron chi connectivity index (χ4n) is 12.1. The molecule has 1 aliphatic carbocycles. The van der Waals surface area contributed by atoms with Gasteiger partial charge in [-0.2, -0.15) is 0 Å². The van der Waals surface area contributed by atoms with Gasteiger partial charge in [0, 0.05) is 23.8 Å². The molecular weight excluding hydrogens is 825 g/mol. The molecule has 4 nitrogen and oxygen atoms in total. The van der Waals surface area contributed by atoms with E-state index in [0.29, 0.717) is 0 Å². The van der Waals surface area contributed by atoms with Crippen LogP contribution in [0.15, 0.2) is 218 Å². The zero-order chi connectivity index (χ0) is 45.3. The van der Waals surface area contributed by atoms with Crippen molar-refractivity contribution in [2.24, 2.45) is 0 Å². The van der Waals surface area contributed by atoms with Gasteiger partial charge in [-0.25, -0.2) is 0 Å². The third kappa shape index (κ3) is 5.43. The van der Waals surface area contributed by atoms with Gasteiger partial charge in [-0.05, 0) is 150 Å². The van der Waals surface area contributed by atoms with Crippen LogP contribution in [0, 0.1) is 0 Å². The Morgan fingerprint density at radius 1 is 0.353 bits per heavy atom. The summed E-state index contributed by atoms with van der Waals surface area (Å²) in [6, 6.07) is 81.1. The highest BCUT2D eigenvalue weighted by Gasteiger charge is 2.38. The maximum atomic E-state index is 3.73. The summed E-state index contributed by atoms with van der Waals surface area (Å²) >= 11 is 0. The Morgan fingerprint density at radius 2 is 0.809 bits per heavy atom. The van der Waals surface area contributed by atoms with Crippen molar-refractivity contribution in [2.75, 3.05) is 27.1 Å². The van der Waals surface area contributed by atoms with Gasteiger partial charge >= 0.3 is 0 Å². The van der Waals surface area contributed by atoms with Crippen molar-refractivity contribution in [3.05, 3.63) is 230 Å². The average Bonchev–Trinajstić information content (AvgIpc) is 3.63. The van der Waals surface area contributed by atoms with Crippen LogP contribution in [0.5, 0.6) is 0 Å². The molecule has 11 aromatic carbocycles. The SMILES string of the molecule is CN1c2ccccc2N(c2ccc3c(-c4cccc5ccccc45)c4cc(N5c6ccccc6Nc6ccccc65)ccc4c(-c4cccc5c4C(C)(C)c4ccccc4-5)c3c2)c2ccccc21. The van der Waals surface area contributed by atoms with Crippen molar-refractivity contribution in [1.29, 1.82) is 0 Å². The zero-order valence-electron chi connectivity index (χ0n) is 38.1. The van der Waals surface area contributed by atoms with Crippen molar-refractivity contribution < 1.29 is 0 Å². The second-order valence-corrected chi connectivity index (χ2v) is 19.0. The smallest absolute Gasteiger partial charge is 0.0699 e. The molecule has 0 aromatic heterocycles. The molecule has 0 amide bonds. The van der Waals surface area contributed by atoms with E-state index in [1.54, 1.807) is 0 Å². The number of hydrogen-bond donors (Lipinski definition) is 1. The molecule has 2 heterocycles. The minimum atomic E-state index is -0.240. The first kappa shape index (κ1) is 38.6. The predicted molar refractivity (Wildman–Crippen MR) is 288 cm³/mol. The monoisotopic (exact) mass is 870 g/mol. The van der Waals surface area contributed by atoms with E-state index in [9.17, 15) is 0 Å². The van der Waals surface area contributed by atoms with E-state index < -0.39 is 0 Å². The molecule has 2 aliphatic heterocycles. The van der Waals surface area contributed by atoms with E-state index in [4.69, 9.17) is 0 Å². The van der Waals surface area contributed by atoms with Gasteiger partial charge in [-0.3, -0.25) is 0 Å². The molecule has 0 unspecified atom stereocenters. The molecule has 1 N–H and O–H groups in total. The average molecular weight is 871 g/mol. The lowest BCUT2D eigenvalue weighted by Crippen LogP contribution is -2.23. The van der Waals surface area contributed by atoms with Crippen molar-refractivity contribution in [2.45, 2.75) is 19.3 Å². The number of para-hydroxylation sites is 8. The normalized spacial score (nSPS) is 14.0. The molecule has 0 saturated carbocycles.